The second-order valence-electron chi connectivity index (χ2n) is 4.33. The molecule has 0 unspecified atom stereocenters. The lowest BCUT2D eigenvalue weighted by Crippen LogP contribution is -2.34. The quantitative estimate of drug-likeness (QED) is 0.539. The van der Waals surface area contributed by atoms with Gasteiger partial charge in [-0.3, -0.25) is 4.79 Å². The molecule has 1 heterocycles. The molecule has 0 aromatic carbocycles. The Kier molecular flexibility index (Phi) is 6.11. The molecule has 1 fully saturated rings. The van der Waals surface area contributed by atoms with Gasteiger partial charge in [-0.2, -0.15) is 0 Å². The van der Waals surface area contributed by atoms with Crippen molar-refractivity contribution in [3.63, 3.8) is 0 Å². The van der Waals surface area contributed by atoms with Gasteiger partial charge in [0.05, 0.1) is 12.7 Å². The average molecular weight is 226 g/mol. The zero-order valence-electron chi connectivity index (χ0n) is 10.2. The lowest BCUT2D eigenvalue weighted by Gasteiger charge is -2.22. The van der Waals surface area contributed by atoms with Crippen molar-refractivity contribution in [3.05, 3.63) is 11.6 Å². The zero-order valence-corrected chi connectivity index (χ0v) is 10.2. The van der Waals surface area contributed by atoms with Crippen molar-refractivity contribution in [1.82, 2.24) is 10.6 Å². The van der Waals surface area contributed by atoms with Crippen molar-refractivity contribution < 1.29 is 9.53 Å². The van der Waals surface area contributed by atoms with E-state index in [1.54, 1.807) is 6.08 Å². The van der Waals surface area contributed by atoms with Gasteiger partial charge in [-0.05, 0) is 39.8 Å². The summed E-state index contributed by atoms with van der Waals surface area (Å²) in [4.78, 5) is 11.3. The summed E-state index contributed by atoms with van der Waals surface area (Å²) in [6.45, 7) is 7.08. The fourth-order valence-electron chi connectivity index (χ4n) is 1.68. The molecule has 4 nitrogen and oxygen atoms in total. The van der Waals surface area contributed by atoms with E-state index < -0.39 is 0 Å². The van der Waals surface area contributed by atoms with Crippen molar-refractivity contribution in [2.24, 2.45) is 0 Å². The van der Waals surface area contributed by atoms with Gasteiger partial charge in [-0.25, -0.2) is 0 Å². The highest BCUT2D eigenvalue weighted by molar-refractivity contribution is 5.87. The Morgan fingerprint density at radius 3 is 2.75 bits per heavy atom. The van der Waals surface area contributed by atoms with E-state index in [0.717, 1.165) is 31.5 Å². The second-order valence-corrected chi connectivity index (χ2v) is 4.33. The minimum atomic E-state index is -0.0334. The highest BCUT2D eigenvalue weighted by Gasteiger charge is 2.12. The summed E-state index contributed by atoms with van der Waals surface area (Å²) in [6.07, 6.45) is 4.11. The maximum absolute atomic E-state index is 11.3. The normalized spacial score (nSPS) is 16.9. The summed E-state index contributed by atoms with van der Waals surface area (Å²) >= 11 is 0. The van der Waals surface area contributed by atoms with Crippen molar-refractivity contribution >= 4 is 5.91 Å². The first kappa shape index (κ1) is 13.2. The highest BCUT2D eigenvalue weighted by Crippen LogP contribution is 2.06. The third-order valence-corrected chi connectivity index (χ3v) is 2.46. The molecule has 92 valence electrons. The Morgan fingerprint density at radius 2 is 2.12 bits per heavy atom. The lowest BCUT2D eigenvalue weighted by atomic mass is 10.1. The minimum Gasteiger partial charge on any atom is -0.376 e. The Labute approximate surface area is 97.4 Å². The number of hydrogen-bond donors (Lipinski definition) is 2. The molecule has 1 rings (SSSR count). The molecule has 1 amide bonds. The maximum atomic E-state index is 11.3. The maximum Gasteiger partial charge on any atom is 0.243 e. The molecule has 0 radical (unpaired) electrons. The Bertz CT molecular complexity index is 241. The number of rotatable bonds is 5. The first-order valence-electron chi connectivity index (χ1n) is 5.93. The van der Waals surface area contributed by atoms with Crippen LogP contribution in [0.25, 0.3) is 0 Å². The van der Waals surface area contributed by atoms with Crippen LogP contribution in [0.15, 0.2) is 11.6 Å². The molecule has 2 N–H and O–H groups in total. The number of carbonyl (C=O) groups excluding carboxylic acids is 1. The van der Waals surface area contributed by atoms with Gasteiger partial charge in [-0.15, -0.1) is 0 Å². The molecule has 0 atom stereocenters. The third kappa shape index (κ3) is 5.88. The SMILES string of the molecule is CC(C)=CC(=O)NCCOC1CCNCC1. The van der Waals surface area contributed by atoms with Gasteiger partial charge >= 0.3 is 0 Å². The van der Waals surface area contributed by atoms with E-state index in [1.807, 2.05) is 13.8 Å². The topological polar surface area (TPSA) is 50.4 Å². The van der Waals surface area contributed by atoms with E-state index in [2.05, 4.69) is 10.6 Å². The molecule has 0 aliphatic carbocycles. The fraction of sp³-hybridized carbons (Fsp3) is 0.750. The summed E-state index contributed by atoms with van der Waals surface area (Å²) in [5.74, 6) is -0.0334. The first-order chi connectivity index (χ1) is 7.68. The van der Waals surface area contributed by atoms with Crippen LogP contribution < -0.4 is 10.6 Å². The molecule has 1 saturated heterocycles. The predicted octanol–water partition coefficient (Wildman–Crippen LogP) is 0.837. The lowest BCUT2D eigenvalue weighted by molar-refractivity contribution is -0.116. The van der Waals surface area contributed by atoms with E-state index in [9.17, 15) is 4.79 Å². The van der Waals surface area contributed by atoms with Crippen molar-refractivity contribution in [3.8, 4) is 0 Å². The first-order valence-corrected chi connectivity index (χ1v) is 5.93. The largest absolute Gasteiger partial charge is 0.376 e. The van der Waals surface area contributed by atoms with E-state index in [0.29, 0.717) is 19.3 Å². The third-order valence-electron chi connectivity index (χ3n) is 2.46. The molecule has 0 bridgehead atoms. The number of piperidine rings is 1. The van der Waals surface area contributed by atoms with Gasteiger partial charge in [0.15, 0.2) is 0 Å². The van der Waals surface area contributed by atoms with Crippen molar-refractivity contribution in [1.29, 1.82) is 0 Å². The van der Waals surface area contributed by atoms with Gasteiger partial charge in [0, 0.05) is 12.6 Å². The van der Waals surface area contributed by atoms with Crippen molar-refractivity contribution in [2.75, 3.05) is 26.2 Å². The van der Waals surface area contributed by atoms with E-state index in [-0.39, 0.29) is 5.91 Å². The van der Waals surface area contributed by atoms with Crippen LogP contribution in [0.4, 0.5) is 0 Å². The minimum absolute atomic E-state index is 0.0334. The average Bonchev–Trinajstić information content (AvgIpc) is 2.25. The standard InChI is InChI=1S/C12H22N2O2/c1-10(2)9-12(15)14-7-8-16-11-3-5-13-6-4-11/h9,11,13H,3-8H2,1-2H3,(H,14,15). The summed E-state index contributed by atoms with van der Waals surface area (Å²) in [6, 6.07) is 0. The van der Waals surface area contributed by atoms with Crippen LogP contribution in [0.2, 0.25) is 0 Å². The molecule has 1 aliphatic heterocycles. The summed E-state index contributed by atoms with van der Waals surface area (Å²) < 4.78 is 5.66. The molecule has 0 aromatic heterocycles. The fourth-order valence-corrected chi connectivity index (χ4v) is 1.68. The van der Waals surface area contributed by atoms with Crippen LogP contribution in [0.3, 0.4) is 0 Å². The van der Waals surface area contributed by atoms with Crippen LogP contribution >= 0.6 is 0 Å². The number of hydrogen-bond acceptors (Lipinski definition) is 3. The molecular formula is C12H22N2O2. The van der Waals surface area contributed by atoms with Gasteiger partial charge in [-0.1, -0.05) is 5.57 Å². The summed E-state index contributed by atoms with van der Waals surface area (Å²) in [5.41, 5.74) is 1.01. The molecule has 0 saturated carbocycles. The van der Waals surface area contributed by atoms with Crippen LogP contribution in [0.5, 0.6) is 0 Å². The Hall–Kier alpha value is -0.870. The Morgan fingerprint density at radius 1 is 1.44 bits per heavy atom. The second kappa shape index (κ2) is 7.41. The molecule has 1 aliphatic rings. The van der Waals surface area contributed by atoms with E-state index >= 15 is 0 Å². The van der Waals surface area contributed by atoms with E-state index in [1.165, 1.54) is 0 Å². The van der Waals surface area contributed by atoms with Gasteiger partial charge < -0.3 is 15.4 Å². The van der Waals surface area contributed by atoms with E-state index in [4.69, 9.17) is 4.74 Å². The summed E-state index contributed by atoms with van der Waals surface area (Å²) in [7, 11) is 0. The zero-order chi connectivity index (χ0) is 11.8. The molecular weight excluding hydrogens is 204 g/mol. The van der Waals surface area contributed by atoms with Gasteiger partial charge in [0.1, 0.15) is 0 Å². The number of carbonyl (C=O) groups is 1. The molecule has 0 aromatic rings. The van der Waals surface area contributed by atoms with Crippen LogP contribution in [0, 0.1) is 0 Å². The predicted molar refractivity (Wildman–Crippen MR) is 64.3 cm³/mol. The molecule has 16 heavy (non-hydrogen) atoms. The summed E-state index contributed by atoms with van der Waals surface area (Å²) in [5, 5.41) is 6.09. The van der Waals surface area contributed by atoms with Gasteiger partial charge in [0.25, 0.3) is 0 Å². The van der Waals surface area contributed by atoms with Crippen LogP contribution in [0.1, 0.15) is 26.7 Å². The number of nitrogens with one attached hydrogen (secondary N) is 2. The number of ether oxygens (including phenoxy) is 1. The Balaban J connectivity index is 2.02. The van der Waals surface area contributed by atoms with Crippen molar-refractivity contribution in [2.45, 2.75) is 32.8 Å². The number of allylic oxidation sites excluding steroid dienone is 1. The monoisotopic (exact) mass is 226 g/mol. The number of amides is 1. The van der Waals surface area contributed by atoms with Gasteiger partial charge in [0.2, 0.25) is 5.91 Å². The van der Waals surface area contributed by atoms with Crippen LogP contribution in [-0.4, -0.2) is 38.3 Å². The highest BCUT2D eigenvalue weighted by atomic mass is 16.5. The van der Waals surface area contributed by atoms with Crippen LogP contribution in [-0.2, 0) is 9.53 Å². The molecule has 0 spiro atoms. The smallest absolute Gasteiger partial charge is 0.243 e. The molecule has 4 heteroatoms.